The first kappa shape index (κ1) is 26.4. The third-order valence-corrected chi connectivity index (χ3v) is 4.52. The smallest absolute Gasteiger partial charge is 0.410 e. The Hall–Kier alpha value is -2.67. The highest BCUT2D eigenvalue weighted by Gasteiger charge is 2.30. The van der Waals surface area contributed by atoms with Gasteiger partial charge in [0.05, 0.1) is 26.0 Å². The SMILES string of the molecule is COC(=O)c1nc(C(CCCCOS(C)(=O)=O)N(C)C(=O)OC(C)(C)C)[nH]c(=O)c1O. The van der Waals surface area contributed by atoms with Crippen LogP contribution in [0.15, 0.2) is 4.79 Å². The van der Waals surface area contributed by atoms with Crippen molar-refractivity contribution in [3.8, 4) is 5.75 Å². The minimum atomic E-state index is -3.58. The van der Waals surface area contributed by atoms with Crippen molar-refractivity contribution in [2.45, 2.75) is 51.7 Å². The highest BCUT2D eigenvalue weighted by molar-refractivity contribution is 7.85. The van der Waals surface area contributed by atoms with E-state index in [0.717, 1.165) is 13.4 Å². The molecule has 0 aromatic carbocycles. The third kappa shape index (κ3) is 8.53. The molecule has 1 atom stereocenters. The second kappa shape index (κ2) is 10.6. The predicted molar refractivity (Wildman–Crippen MR) is 109 cm³/mol. The summed E-state index contributed by atoms with van der Waals surface area (Å²) in [7, 11) is -1.09. The summed E-state index contributed by atoms with van der Waals surface area (Å²) in [5, 5.41) is 9.84. The average Bonchev–Trinajstić information content (AvgIpc) is 2.63. The maximum atomic E-state index is 12.6. The molecule has 0 fully saturated rings. The highest BCUT2D eigenvalue weighted by atomic mass is 32.2. The molecule has 1 aromatic heterocycles. The van der Waals surface area contributed by atoms with Gasteiger partial charge >= 0.3 is 12.1 Å². The van der Waals surface area contributed by atoms with Crippen LogP contribution in [-0.2, 0) is 23.8 Å². The molecule has 31 heavy (non-hydrogen) atoms. The second-order valence-electron chi connectivity index (χ2n) is 7.77. The molecule has 176 valence electrons. The molecule has 0 aliphatic rings. The first-order chi connectivity index (χ1) is 14.2. The fraction of sp³-hybridized carbons (Fsp3) is 0.667. The van der Waals surface area contributed by atoms with E-state index in [0.29, 0.717) is 12.8 Å². The summed E-state index contributed by atoms with van der Waals surface area (Å²) < 4.78 is 36.7. The number of nitrogens with zero attached hydrogens (tertiary/aromatic N) is 2. The highest BCUT2D eigenvalue weighted by Crippen LogP contribution is 2.25. The van der Waals surface area contributed by atoms with Crippen LogP contribution in [-0.4, -0.2) is 73.1 Å². The number of esters is 1. The molecule has 1 amide bonds. The van der Waals surface area contributed by atoms with E-state index in [2.05, 4.69) is 18.9 Å². The van der Waals surface area contributed by atoms with Gasteiger partial charge in [-0.15, -0.1) is 0 Å². The number of unbranched alkanes of at least 4 members (excludes halogenated alkanes) is 1. The molecule has 13 heteroatoms. The Kier molecular flexibility index (Phi) is 8.99. The standard InChI is InChI=1S/C18H29N3O9S/c1-18(2,3)30-17(25)21(4)11(9-7-8-10-29-31(6,26)27)14-19-12(16(24)28-5)13(22)15(23)20-14/h11,22H,7-10H2,1-6H3,(H,19,20,23). The summed E-state index contributed by atoms with van der Waals surface area (Å²) >= 11 is 0. The van der Waals surface area contributed by atoms with Crippen LogP contribution in [0.2, 0.25) is 0 Å². The van der Waals surface area contributed by atoms with Crippen LogP contribution in [0.5, 0.6) is 5.75 Å². The van der Waals surface area contributed by atoms with E-state index < -0.39 is 50.8 Å². The molecular weight excluding hydrogens is 434 g/mol. The number of carbonyl (C=O) groups is 2. The van der Waals surface area contributed by atoms with Gasteiger partial charge in [0, 0.05) is 7.05 Å². The minimum Gasteiger partial charge on any atom is -0.501 e. The van der Waals surface area contributed by atoms with Crippen molar-refractivity contribution < 1.29 is 36.8 Å². The largest absolute Gasteiger partial charge is 0.501 e. The van der Waals surface area contributed by atoms with Crippen LogP contribution in [0.3, 0.4) is 0 Å². The van der Waals surface area contributed by atoms with Crippen molar-refractivity contribution in [2.24, 2.45) is 0 Å². The van der Waals surface area contributed by atoms with E-state index in [9.17, 15) is 27.9 Å². The molecular formula is C18H29N3O9S. The van der Waals surface area contributed by atoms with Crippen LogP contribution in [0.25, 0.3) is 0 Å². The van der Waals surface area contributed by atoms with Gasteiger partial charge in [-0.1, -0.05) is 0 Å². The number of nitrogens with one attached hydrogen (secondary N) is 1. The van der Waals surface area contributed by atoms with Gasteiger partial charge in [0.1, 0.15) is 11.4 Å². The van der Waals surface area contributed by atoms with Crippen molar-refractivity contribution in [3.05, 3.63) is 21.9 Å². The van der Waals surface area contributed by atoms with Crippen molar-refractivity contribution in [1.29, 1.82) is 0 Å². The number of amides is 1. The molecule has 0 aliphatic carbocycles. The summed E-state index contributed by atoms with van der Waals surface area (Å²) in [6.45, 7) is 5.00. The van der Waals surface area contributed by atoms with Gasteiger partial charge in [0.25, 0.3) is 15.7 Å². The molecule has 1 rings (SSSR count). The molecule has 0 aliphatic heterocycles. The van der Waals surface area contributed by atoms with Crippen LogP contribution < -0.4 is 5.56 Å². The fourth-order valence-electron chi connectivity index (χ4n) is 2.51. The number of hydrogen-bond acceptors (Lipinski definition) is 10. The van der Waals surface area contributed by atoms with E-state index in [-0.39, 0.29) is 18.9 Å². The van der Waals surface area contributed by atoms with Gasteiger partial charge in [-0.05, 0) is 40.0 Å². The Balaban J connectivity index is 3.20. The first-order valence-electron chi connectivity index (χ1n) is 9.38. The second-order valence-corrected chi connectivity index (χ2v) is 9.41. The number of carbonyl (C=O) groups excluding carboxylic acids is 2. The molecule has 2 N–H and O–H groups in total. The van der Waals surface area contributed by atoms with Crippen LogP contribution in [0.4, 0.5) is 4.79 Å². The lowest BCUT2D eigenvalue weighted by Gasteiger charge is -2.30. The van der Waals surface area contributed by atoms with Crippen LogP contribution in [0.1, 0.15) is 62.4 Å². The number of aromatic hydroxyl groups is 1. The summed E-state index contributed by atoms with van der Waals surface area (Å²) in [6, 6.07) is -0.857. The molecule has 0 bridgehead atoms. The maximum absolute atomic E-state index is 12.6. The topological polar surface area (TPSA) is 165 Å². The number of aromatic nitrogens is 2. The third-order valence-electron chi connectivity index (χ3n) is 3.93. The molecule has 1 unspecified atom stereocenters. The number of methoxy groups -OCH3 is 1. The number of hydrogen-bond donors (Lipinski definition) is 2. The lowest BCUT2D eigenvalue weighted by molar-refractivity contribution is 0.0201. The number of H-pyrrole nitrogens is 1. The van der Waals surface area contributed by atoms with Gasteiger partial charge in [0.15, 0.2) is 5.69 Å². The number of ether oxygens (including phenoxy) is 2. The first-order valence-corrected chi connectivity index (χ1v) is 11.2. The van der Waals surface area contributed by atoms with Crippen LogP contribution in [0, 0.1) is 0 Å². The minimum absolute atomic E-state index is 0.0609. The monoisotopic (exact) mass is 463 g/mol. The molecule has 0 spiro atoms. The average molecular weight is 464 g/mol. The van der Waals surface area contributed by atoms with Crippen molar-refractivity contribution in [3.63, 3.8) is 0 Å². The lowest BCUT2D eigenvalue weighted by Crippen LogP contribution is -2.38. The van der Waals surface area contributed by atoms with E-state index in [4.69, 9.17) is 4.74 Å². The Bertz CT molecular complexity index is 951. The fourth-order valence-corrected chi connectivity index (χ4v) is 2.93. The van der Waals surface area contributed by atoms with E-state index >= 15 is 0 Å². The molecule has 0 saturated carbocycles. The lowest BCUT2D eigenvalue weighted by atomic mass is 10.1. The molecule has 0 radical (unpaired) electrons. The molecule has 0 saturated heterocycles. The normalized spacial score (nSPS) is 12.8. The summed E-state index contributed by atoms with van der Waals surface area (Å²) in [5.74, 6) is -2.00. The summed E-state index contributed by atoms with van der Waals surface area (Å²) in [4.78, 5) is 44.1. The van der Waals surface area contributed by atoms with Gasteiger partial charge < -0.3 is 24.5 Å². The van der Waals surface area contributed by atoms with E-state index in [1.807, 2.05) is 0 Å². The molecule has 1 heterocycles. The van der Waals surface area contributed by atoms with Gasteiger partial charge in [0.2, 0.25) is 5.75 Å². The zero-order valence-electron chi connectivity index (χ0n) is 18.4. The van der Waals surface area contributed by atoms with Crippen molar-refractivity contribution >= 4 is 22.2 Å². The van der Waals surface area contributed by atoms with Gasteiger partial charge in [-0.25, -0.2) is 14.6 Å². The Morgan fingerprint density at radius 2 is 1.87 bits per heavy atom. The van der Waals surface area contributed by atoms with Gasteiger partial charge in [-0.2, -0.15) is 8.42 Å². The zero-order chi connectivity index (χ0) is 24.0. The number of aromatic amines is 1. The molecule has 12 nitrogen and oxygen atoms in total. The van der Waals surface area contributed by atoms with E-state index in [1.165, 1.54) is 11.9 Å². The van der Waals surface area contributed by atoms with Crippen molar-refractivity contribution in [2.75, 3.05) is 27.0 Å². The van der Waals surface area contributed by atoms with E-state index in [1.54, 1.807) is 20.8 Å². The van der Waals surface area contributed by atoms with Gasteiger partial charge in [-0.3, -0.25) is 8.98 Å². The Morgan fingerprint density at radius 3 is 2.39 bits per heavy atom. The summed E-state index contributed by atoms with van der Waals surface area (Å²) in [5.41, 5.74) is -2.36. The Labute approximate surface area is 180 Å². The quantitative estimate of drug-likeness (QED) is 0.310. The molecule has 1 aromatic rings. The number of rotatable bonds is 9. The predicted octanol–water partition coefficient (Wildman–Crippen LogP) is 1.32. The summed E-state index contributed by atoms with van der Waals surface area (Å²) in [6.07, 6.45) is 1.16. The Morgan fingerprint density at radius 1 is 1.26 bits per heavy atom. The maximum Gasteiger partial charge on any atom is 0.410 e. The van der Waals surface area contributed by atoms with Crippen LogP contribution >= 0.6 is 0 Å². The zero-order valence-corrected chi connectivity index (χ0v) is 19.2. The van der Waals surface area contributed by atoms with Crippen molar-refractivity contribution in [1.82, 2.24) is 14.9 Å².